The summed E-state index contributed by atoms with van der Waals surface area (Å²) in [4.78, 5) is 21.0. The van der Waals surface area contributed by atoms with E-state index in [1.807, 2.05) is 42.5 Å². The third-order valence-electron chi connectivity index (χ3n) is 4.55. The zero-order chi connectivity index (χ0) is 19.3. The highest BCUT2D eigenvalue weighted by molar-refractivity contribution is 6.30. The van der Waals surface area contributed by atoms with Gasteiger partial charge in [0.1, 0.15) is 5.82 Å². The third kappa shape index (κ3) is 4.05. The summed E-state index contributed by atoms with van der Waals surface area (Å²) in [5, 5.41) is 3.66. The number of halogens is 1. The van der Waals surface area contributed by atoms with E-state index in [1.165, 1.54) is 0 Å². The number of para-hydroxylation sites is 2. The second-order valence-electron chi connectivity index (χ2n) is 6.48. The molecule has 0 aliphatic carbocycles. The molecule has 4 rings (SSSR count). The SMILES string of the molecule is O=C(NCCc1nc2ccccc2n1Cc1ccc(Cl)cc1)c1cccnc1. The molecule has 2 aromatic carbocycles. The standard InChI is InChI=1S/C22H19ClN4O/c23-18-9-7-16(8-10-18)15-27-20-6-2-1-5-19(20)26-21(27)11-13-25-22(28)17-4-3-12-24-14-17/h1-10,12,14H,11,13,15H2,(H,25,28). The molecule has 0 saturated heterocycles. The van der Waals surface area contributed by atoms with Crippen LogP contribution in [0.5, 0.6) is 0 Å². The summed E-state index contributed by atoms with van der Waals surface area (Å²) < 4.78 is 2.19. The molecule has 2 aromatic heterocycles. The number of rotatable bonds is 6. The number of amides is 1. The second-order valence-corrected chi connectivity index (χ2v) is 6.91. The number of hydrogen-bond acceptors (Lipinski definition) is 3. The lowest BCUT2D eigenvalue weighted by Gasteiger charge is -2.10. The Labute approximate surface area is 168 Å². The number of fused-ring (bicyclic) bond motifs is 1. The fourth-order valence-corrected chi connectivity index (χ4v) is 3.28. The molecule has 0 fully saturated rings. The first-order valence-corrected chi connectivity index (χ1v) is 9.45. The van der Waals surface area contributed by atoms with E-state index in [0.717, 1.165) is 27.4 Å². The van der Waals surface area contributed by atoms with Crippen molar-refractivity contribution in [2.24, 2.45) is 0 Å². The molecule has 0 saturated carbocycles. The molecular weight excluding hydrogens is 372 g/mol. The van der Waals surface area contributed by atoms with Crippen molar-refractivity contribution >= 4 is 28.5 Å². The van der Waals surface area contributed by atoms with Gasteiger partial charge in [-0.2, -0.15) is 0 Å². The van der Waals surface area contributed by atoms with Crippen LogP contribution in [0.1, 0.15) is 21.7 Å². The molecule has 2 heterocycles. The van der Waals surface area contributed by atoms with Gasteiger partial charge in [0.25, 0.3) is 5.91 Å². The summed E-state index contributed by atoms with van der Waals surface area (Å²) in [6.07, 6.45) is 3.84. The van der Waals surface area contributed by atoms with E-state index in [0.29, 0.717) is 25.1 Å². The second kappa shape index (κ2) is 8.23. The van der Waals surface area contributed by atoms with E-state index in [1.54, 1.807) is 24.5 Å². The Bertz CT molecular complexity index is 1090. The van der Waals surface area contributed by atoms with Crippen LogP contribution in [-0.2, 0) is 13.0 Å². The fraction of sp³-hybridized carbons (Fsp3) is 0.136. The van der Waals surface area contributed by atoms with Crippen molar-refractivity contribution in [1.29, 1.82) is 0 Å². The van der Waals surface area contributed by atoms with Crippen molar-refractivity contribution in [3.05, 3.63) is 95.0 Å². The van der Waals surface area contributed by atoms with Crippen LogP contribution in [0.3, 0.4) is 0 Å². The average Bonchev–Trinajstić information content (AvgIpc) is 3.07. The molecule has 0 radical (unpaired) electrons. The highest BCUT2D eigenvalue weighted by atomic mass is 35.5. The van der Waals surface area contributed by atoms with Crippen LogP contribution in [0.2, 0.25) is 5.02 Å². The van der Waals surface area contributed by atoms with E-state index in [-0.39, 0.29) is 5.91 Å². The molecule has 140 valence electrons. The van der Waals surface area contributed by atoms with Crippen molar-refractivity contribution in [3.8, 4) is 0 Å². The minimum Gasteiger partial charge on any atom is -0.352 e. The van der Waals surface area contributed by atoms with Crippen molar-refractivity contribution in [2.75, 3.05) is 6.54 Å². The lowest BCUT2D eigenvalue weighted by molar-refractivity contribution is 0.0953. The van der Waals surface area contributed by atoms with E-state index in [9.17, 15) is 4.79 Å². The molecule has 5 nitrogen and oxygen atoms in total. The maximum absolute atomic E-state index is 12.2. The van der Waals surface area contributed by atoms with Crippen LogP contribution in [0.15, 0.2) is 73.1 Å². The first-order valence-electron chi connectivity index (χ1n) is 9.07. The Hall–Kier alpha value is -3.18. The van der Waals surface area contributed by atoms with Gasteiger partial charge in [-0.1, -0.05) is 35.9 Å². The van der Waals surface area contributed by atoms with E-state index < -0.39 is 0 Å². The number of hydrogen-bond donors (Lipinski definition) is 1. The van der Waals surface area contributed by atoms with Gasteiger partial charge < -0.3 is 9.88 Å². The minimum absolute atomic E-state index is 0.131. The lowest BCUT2D eigenvalue weighted by Crippen LogP contribution is -2.26. The van der Waals surface area contributed by atoms with Gasteiger partial charge in [0.15, 0.2) is 0 Å². The minimum atomic E-state index is -0.131. The molecule has 0 bridgehead atoms. The Morgan fingerprint density at radius 1 is 1.04 bits per heavy atom. The van der Waals surface area contributed by atoms with E-state index >= 15 is 0 Å². The van der Waals surface area contributed by atoms with Gasteiger partial charge in [0, 0.05) is 36.9 Å². The molecule has 0 aliphatic heterocycles. The molecule has 0 aliphatic rings. The number of nitrogens with zero attached hydrogens (tertiary/aromatic N) is 3. The number of benzene rings is 2. The van der Waals surface area contributed by atoms with Gasteiger partial charge in [0.2, 0.25) is 0 Å². The number of aromatic nitrogens is 3. The first kappa shape index (κ1) is 18.2. The highest BCUT2D eigenvalue weighted by Crippen LogP contribution is 2.19. The van der Waals surface area contributed by atoms with Crippen molar-refractivity contribution in [2.45, 2.75) is 13.0 Å². The molecule has 4 aromatic rings. The normalized spacial score (nSPS) is 10.9. The summed E-state index contributed by atoms with van der Waals surface area (Å²) >= 11 is 6.00. The Morgan fingerprint density at radius 3 is 2.64 bits per heavy atom. The van der Waals surface area contributed by atoms with Crippen LogP contribution in [-0.4, -0.2) is 27.0 Å². The summed E-state index contributed by atoms with van der Waals surface area (Å²) in [7, 11) is 0. The first-order chi connectivity index (χ1) is 13.7. The van der Waals surface area contributed by atoms with Crippen LogP contribution < -0.4 is 5.32 Å². The average molecular weight is 391 g/mol. The molecule has 1 amide bonds. The third-order valence-corrected chi connectivity index (χ3v) is 4.80. The monoisotopic (exact) mass is 390 g/mol. The van der Waals surface area contributed by atoms with Crippen LogP contribution in [0, 0.1) is 0 Å². The summed E-state index contributed by atoms with van der Waals surface area (Å²) in [6, 6.07) is 19.4. The molecular formula is C22H19ClN4O. The van der Waals surface area contributed by atoms with Crippen molar-refractivity contribution < 1.29 is 4.79 Å². The Kier molecular flexibility index (Phi) is 5.35. The van der Waals surface area contributed by atoms with Gasteiger partial charge in [-0.15, -0.1) is 0 Å². The van der Waals surface area contributed by atoms with Crippen LogP contribution in [0.25, 0.3) is 11.0 Å². The predicted octanol–water partition coefficient (Wildman–Crippen LogP) is 4.11. The number of pyridine rings is 1. The van der Waals surface area contributed by atoms with Gasteiger partial charge in [-0.05, 0) is 42.0 Å². The smallest absolute Gasteiger partial charge is 0.252 e. The number of carbonyl (C=O) groups is 1. The van der Waals surface area contributed by atoms with Gasteiger partial charge in [-0.3, -0.25) is 9.78 Å². The molecule has 1 N–H and O–H groups in total. The topological polar surface area (TPSA) is 59.8 Å². The Balaban J connectivity index is 1.53. The molecule has 0 unspecified atom stereocenters. The molecule has 28 heavy (non-hydrogen) atoms. The van der Waals surface area contributed by atoms with Crippen molar-refractivity contribution in [3.63, 3.8) is 0 Å². The molecule has 6 heteroatoms. The number of imidazole rings is 1. The van der Waals surface area contributed by atoms with E-state index in [4.69, 9.17) is 16.6 Å². The zero-order valence-corrected chi connectivity index (χ0v) is 15.9. The molecule has 0 spiro atoms. The molecule has 0 atom stereocenters. The maximum atomic E-state index is 12.2. The predicted molar refractivity (Wildman–Crippen MR) is 111 cm³/mol. The van der Waals surface area contributed by atoms with Crippen LogP contribution >= 0.6 is 11.6 Å². The van der Waals surface area contributed by atoms with Crippen LogP contribution in [0.4, 0.5) is 0 Å². The summed E-state index contributed by atoms with van der Waals surface area (Å²) in [5.74, 6) is 0.802. The van der Waals surface area contributed by atoms with Crippen molar-refractivity contribution in [1.82, 2.24) is 19.9 Å². The van der Waals surface area contributed by atoms with E-state index in [2.05, 4.69) is 20.9 Å². The Morgan fingerprint density at radius 2 is 1.86 bits per heavy atom. The fourth-order valence-electron chi connectivity index (χ4n) is 3.15. The number of nitrogens with one attached hydrogen (secondary N) is 1. The zero-order valence-electron chi connectivity index (χ0n) is 15.2. The van der Waals surface area contributed by atoms with Gasteiger partial charge in [-0.25, -0.2) is 4.98 Å². The summed E-state index contributed by atoms with van der Waals surface area (Å²) in [6.45, 7) is 1.20. The lowest BCUT2D eigenvalue weighted by atomic mass is 10.2. The number of carbonyl (C=O) groups excluding carboxylic acids is 1. The van der Waals surface area contributed by atoms with Gasteiger partial charge in [0.05, 0.1) is 16.6 Å². The highest BCUT2D eigenvalue weighted by Gasteiger charge is 2.12. The quantitative estimate of drug-likeness (QED) is 0.539. The largest absolute Gasteiger partial charge is 0.352 e. The van der Waals surface area contributed by atoms with Gasteiger partial charge >= 0.3 is 0 Å². The summed E-state index contributed by atoms with van der Waals surface area (Å²) in [5.41, 5.74) is 3.72. The maximum Gasteiger partial charge on any atom is 0.252 e.